The Bertz CT molecular complexity index is 536. The Morgan fingerprint density at radius 3 is 3.14 bits per heavy atom. The van der Waals surface area contributed by atoms with Gasteiger partial charge in [-0.15, -0.1) is 0 Å². The van der Waals surface area contributed by atoms with Gasteiger partial charge in [-0.25, -0.2) is 9.98 Å². The highest BCUT2D eigenvalue weighted by Gasteiger charge is 2.53. The molecule has 0 aliphatic carbocycles. The van der Waals surface area contributed by atoms with Gasteiger partial charge >= 0.3 is 0 Å². The van der Waals surface area contributed by atoms with E-state index >= 15 is 0 Å². The van der Waals surface area contributed by atoms with Crippen molar-refractivity contribution in [2.45, 2.75) is 43.2 Å². The van der Waals surface area contributed by atoms with Gasteiger partial charge in [0.2, 0.25) is 0 Å². The lowest BCUT2D eigenvalue weighted by Gasteiger charge is -2.34. The maximum Gasteiger partial charge on any atom is 0.200 e. The highest BCUT2D eigenvalue weighted by molar-refractivity contribution is 5.82. The van der Waals surface area contributed by atoms with E-state index in [1.807, 2.05) is 0 Å². The number of aliphatic hydroxyl groups excluding tert-OH is 2. The molecule has 2 saturated heterocycles. The number of aliphatic imine (C=N–C) groups is 2. The number of epoxide rings is 1. The van der Waals surface area contributed by atoms with Gasteiger partial charge in [0.25, 0.3) is 0 Å². The molecule has 114 valence electrons. The molecule has 4 aliphatic rings. The summed E-state index contributed by atoms with van der Waals surface area (Å²) in [4.78, 5) is 10.1. The van der Waals surface area contributed by atoms with E-state index in [9.17, 15) is 10.2 Å². The van der Waals surface area contributed by atoms with Gasteiger partial charge < -0.3 is 30.7 Å². The third kappa shape index (κ3) is 2.09. The lowest BCUT2D eigenvalue weighted by molar-refractivity contribution is -0.130. The van der Waals surface area contributed by atoms with Crippen molar-refractivity contribution in [2.75, 3.05) is 6.61 Å². The number of ether oxygens (including phenoxy) is 2. The van der Waals surface area contributed by atoms with Crippen molar-refractivity contribution in [3.63, 3.8) is 0 Å². The summed E-state index contributed by atoms with van der Waals surface area (Å²) in [6.07, 6.45) is 1.25. The Morgan fingerprint density at radius 1 is 1.48 bits per heavy atom. The molecule has 0 aromatic carbocycles. The average Bonchev–Trinajstić information content (AvgIpc) is 3.12. The summed E-state index contributed by atoms with van der Waals surface area (Å²) in [5, 5.41) is 22.4. The molecule has 0 bridgehead atoms. The zero-order valence-corrected chi connectivity index (χ0v) is 11.2. The van der Waals surface area contributed by atoms with Crippen LogP contribution in [0.15, 0.2) is 21.9 Å². The lowest BCUT2D eigenvalue weighted by atomic mass is 10.1. The highest BCUT2D eigenvalue weighted by atomic mass is 16.6. The van der Waals surface area contributed by atoms with E-state index < -0.39 is 18.4 Å². The van der Waals surface area contributed by atoms with Gasteiger partial charge in [0, 0.05) is 12.6 Å². The summed E-state index contributed by atoms with van der Waals surface area (Å²) in [6, 6.07) is 0. The lowest BCUT2D eigenvalue weighted by Crippen LogP contribution is -2.49. The summed E-state index contributed by atoms with van der Waals surface area (Å²) in [5.41, 5.74) is 6.79. The monoisotopic (exact) mass is 295 g/mol. The zero-order chi connectivity index (χ0) is 14.6. The molecular weight excluding hydrogens is 278 g/mol. The molecule has 4 rings (SSSR count). The van der Waals surface area contributed by atoms with Crippen LogP contribution in [0.25, 0.3) is 0 Å². The summed E-state index contributed by atoms with van der Waals surface area (Å²) in [5.74, 6) is 0.292. The molecule has 0 aromatic rings. The zero-order valence-electron chi connectivity index (χ0n) is 11.2. The van der Waals surface area contributed by atoms with E-state index in [2.05, 4.69) is 15.3 Å². The first kappa shape index (κ1) is 13.0. The number of nitrogens with zero attached hydrogens (tertiary/aromatic N) is 3. The summed E-state index contributed by atoms with van der Waals surface area (Å²) in [6.45, 7) is -0.282. The van der Waals surface area contributed by atoms with E-state index in [0.29, 0.717) is 12.4 Å². The molecule has 5 N–H and O–H groups in total. The number of rotatable bonds is 2. The van der Waals surface area contributed by atoms with Crippen LogP contribution >= 0.6 is 0 Å². The second-order valence-electron chi connectivity index (χ2n) is 5.45. The van der Waals surface area contributed by atoms with Crippen molar-refractivity contribution >= 4 is 12.3 Å². The largest absolute Gasteiger partial charge is 0.394 e. The predicted octanol–water partition coefficient (Wildman–Crippen LogP) is -2.35. The fourth-order valence-corrected chi connectivity index (χ4v) is 2.91. The number of hydrogen-bond donors (Lipinski definition) is 4. The van der Waals surface area contributed by atoms with E-state index in [1.165, 1.54) is 0 Å². The Hall–Kier alpha value is -1.68. The molecule has 0 saturated carbocycles. The summed E-state index contributed by atoms with van der Waals surface area (Å²) < 4.78 is 11.2. The predicted molar refractivity (Wildman–Crippen MR) is 72.0 cm³/mol. The number of hydrogen-bond acceptors (Lipinski definition) is 9. The SMILES string of the molecule is NC1=NC2N=CNC2=CN1C1C[C@H]2O[C@H]2[C@H](O)[C@@H](CO)O1. The number of aliphatic hydroxyl groups is 2. The maximum atomic E-state index is 10.1. The molecule has 2 fully saturated rings. The molecule has 4 aliphatic heterocycles. The smallest absolute Gasteiger partial charge is 0.200 e. The normalized spacial score (nSPS) is 44.2. The van der Waals surface area contributed by atoms with Gasteiger partial charge in [-0.2, -0.15) is 0 Å². The second kappa shape index (κ2) is 4.67. The molecule has 6 atom stereocenters. The minimum atomic E-state index is -0.832. The van der Waals surface area contributed by atoms with Crippen molar-refractivity contribution in [2.24, 2.45) is 15.7 Å². The fourth-order valence-electron chi connectivity index (χ4n) is 2.91. The molecule has 2 unspecified atom stereocenters. The fraction of sp³-hybridized carbons (Fsp3) is 0.667. The molecule has 4 heterocycles. The Morgan fingerprint density at radius 2 is 2.33 bits per heavy atom. The van der Waals surface area contributed by atoms with Crippen molar-refractivity contribution in [3.8, 4) is 0 Å². The molecule has 0 aromatic heterocycles. The standard InChI is InChI=1S/C12H17N5O4/c13-12-16-11-5(14-4-15-11)2-17(12)8-1-6-10(21-6)9(19)7(3-18)20-8/h2,4,6-11,18-19H,1,3H2,(H2,13,16)(H,14,15)/t6-,7-,8?,9-,10-,11?/m1/s1. The molecule has 9 nitrogen and oxygen atoms in total. The van der Waals surface area contributed by atoms with E-state index in [1.54, 1.807) is 17.4 Å². The second-order valence-corrected chi connectivity index (χ2v) is 5.45. The Labute approximate surface area is 120 Å². The van der Waals surface area contributed by atoms with Crippen LogP contribution in [0.1, 0.15) is 6.42 Å². The highest BCUT2D eigenvalue weighted by Crippen LogP contribution is 2.37. The number of guanidine groups is 1. The van der Waals surface area contributed by atoms with Crippen LogP contribution in [-0.4, -0.2) is 70.8 Å². The molecule has 0 amide bonds. The van der Waals surface area contributed by atoms with Crippen LogP contribution in [0.4, 0.5) is 0 Å². The van der Waals surface area contributed by atoms with Crippen LogP contribution in [0.2, 0.25) is 0 Å². The van der Waals surface area contributed by atoms with Gasteiger partial charge in [0.1, 0.15) is 24.5 Å². The van der Waals surface area contributed by atoms with Crippen molar-refractivity contribution < 1.29 is 19.7 Å². The molecule has 21 heavy (non-hydrogen) atoms. The first-order valence-electron chi connectivity index (χ1n) is 6.88. The van der Waals surface area contributed by atoms with Crippen molar-refractivity contribution in [1.29, 1.82) is 0 Å². The quantitative estimate of drug-likeness (QED) is 0.420. The first-order chi connectivity index (χ1) is 10.2. The van der Waals surface area contributed by atoms with Gasteiger partial charge in [-0.1, -0.05) is 0 Å². The summed E-state index contributed by atoms with van der Waals surface area (Å²) in [7, 11) is 0. The average molecular weight is 295 g/mol. The Kier molecular flexibility index (Phi) is 2.89. The van der Waals surface area contributed by atoms with Crippen LogP contribution in [0, 0.1) is 0 Å². The van der Waals surface area contributed by atoms with Gasteiger partial charge in [0.05, 0.1) is 24.7 Å². The maximum absolute atomic E-state index is 10.1. The number of nitrogens with two attached hydrogens (primary N) is 1. The summed E-state index contributed by atoms with van der Waals surface area (Å²) >= 11 is 0. The van der Waals surface area contributed by atoms with Crippen LogP contribution in [0.3, 0.4) is 0 Å². The molecule has 0 radical (unpaired) electrons. The Balaban J connectivity index is 1.58. The van der Waals surface area contributed by atoms with Gasteiger partial charge in [0.15, 0.2) is 12.1 Å². The van der Waals surface area contributed by atoms with E-state index in [-0.39, 0.29) is 25.0 Å². The van der Waals surface area contributed by atoms with Crippen molar-refractivity contribution in [1.82, 2.24) is 10.2 Å². The van der Waals surface area contributed by atoms with E-state index in [4.69, 9.17) is 15.2 Å². The van der Waals surface area contributed by atoms with Crippen LogP contribution in [0.5, 0.6) is 0 Å². The number of fused-ring (bicyclic) bond motifs is 2. The topological polar surface area (TPSA) is 128 Å². The van der Waals surface area contributed by atoms with Crippen LogP contribution in [-0.2, 0) is 9.47 Å². The minimum absolute atomic E-state index is 0.0849. The minimum Gasteiger partial charge on any atom is -0.394 e. The van der Waals surface area contributed by atoms with Gasteiger partial charge in [-0.3, -0.25) is 4.90 Å². The third-order valence-corrected chi connectivity index (χ3v) is 4.12. The van der Waals surface area contributed by atoms with Crippen LogP contribution < -0.4 is 11.1 Å². The molecular formula is C12H17N5O4. The van der Waals surface area contributed by atoms with Crippen molar-refractivity contribution in [3.05, 3.63) is 11.9 Å². The van der Waals surface area contributed by atoms with E-state index in [0.717, 1.165) is 5.70 Å². The number of nitrogens with one attached hydrogen (secondary N) is 1. The molecule has 0 spiro atoms. The third-order valence-electron chi connectivity index (χ3n) is 4.12. The van der Waals surface area contributed by atoms with Gasteiger partial charge in [-0.05, 0) is 0 Å². The molecule has 9 heteroatoms. The first-order valence-corrected chi connectivity index (χ1v) is 6.88.